The molecule has 1 unspecified atom stereocenters. The molecule has 20 heavy (non-hydrogen) atoms. The second-order valence-corrected chi connectivity index (χ2v) is 7.03. The van der Waals surface area contributed by atoms with Crippen LogP contribution in [0.15, 0.2) is 28.7 Å². The van der Waals surface area contributed by atoms with Gasteiger partial charge < -0.3 is 5.32 Å². The molecule has 0 aromatic heterocycles. The monoisotopic (exact) mass is 340 g/mol. The Morgan fingerprint density at radius 1 is 1.00 bits per heavy atom. The highest BCUT2D eigenvalue weighted by molar-refractivity contribution is 9.10. The van der Waals surface area contributed by atoms with Gasteiger partial charge in [0.1, 0.15) is 0 Å². The van der Waals surface area contributed by atoms with Gasteiger partial charge in [-0.25, -0.2) is 0 Å². The molecule has 1 atom stereocenters. The Balaban J connectivity index is 2.32. The van der Waals surface area contributed by atoms with E-state index in [4.69, 9.17) is 0 Å². The van der Waals surface area contributed by atoms with Crippen molar-refractivity contribution in [1.82, 2.24) is 10.2 Å². The fourth-order valence-electron chi connectivity index (χ4n) is 2.60. The number of nitrogens with zero attached hydrogens (tertiary/aromatic N) is 1. The van der Waals surface area contributed by atoms with E-state index in [1.54, 1.807) is 0 Å². The van der Waals surface area contributed by atoms with E-state index in [-0.39, 0.29) is 0 Å². The minimum atomic E-state index is 0.511. The molecule has 0 saturated heterocycles. The SMILES string of the molecule is CC(Cc1ccc(Br)cc1)NCCN(C(C)C)C(C)C. The second-order valence-electron chi connectivity index (χ2n) is 6.11. The molecule has 0 fully saturated rings. The van der Waals surface area contributed by atoms with Crippen LogP contribution in [0.5, 0.6) is 0 Å². The van der Waals surface area contributed by atoms with E-state index < -0.39 is 0 Å². The van der Waals surface area contributed by atoms with Crippen LogP contribution in [0.2, 0.25) is 0 Å². The van der Waals surface area contributed by atoms with E-state index >= 15 is 0 Å². The fourth-order valence-corrected chi connectivity index (χ4v) is 2.86. The van der Waals surface area contributed by atoms with Crippen molar-refractivity contribution in [3.8, 4) is 0 Å². The van der Waals surface area contributed by atoms with E-state index in [1.165, 1.54) is 5.56 Å². The van der Waals surface area contributed by atoms with Gasteiger partial charge in [-0.2, -0.15) is 0 Å². The maximum Gasteiger partial charge on any atom is 0.0175 e. The topological polar surface area (TPSA) is 15.3 Å². The summed E-state index contributed by atoms with van der Waals surface area (Å²) < 4.78 is 1.14. The lowest BCUT2D eigenvalue weighted by molar-refractivity contribution is 0.174. The number of halogens is 1. The lowest BCUT2D eigenvalue weighted by atomic mass is 10.1. The molecule has 114 valence electrons. The van der Waals surface area contributed by atoms with Crippen molar-refractivity contribution in [2.24, 2.45) is 0 Å². The summed E-state index contributed by atoms with van der Waals surface area (Å²) in [6.07, 6.45) is 1.08. The number of hydrogen-bond acceptors (Lipinski definition) is 2. The average Bonchev–Trinajstić information content (AvgIpc) is 2.36. The molecule has 0 aliphatic carbocycles. The van der Waals surface area contributed by atoms with Crippen LogP contribution in [-0.2, 0) is 6.42 Å². The summed E-state index contributed by atoms with van der Waals surface area (Å²) in [5, 5.41) is 3.63. The van der Waals surface area contributed by atoms with Crippen LogP contribution in [0.1, 0.15) is 40.2 Å². The summed E-state index contributed by atoms with van der Waals surface area (Å²) in [6.45, 7) is 13.5. The van der Waals surface area contributed by atoms with Gasteiger partial charge in [0.2, 0.25) is 0 Å². The van der Waals surface area contributed by atoms with E-state index in [0.717, 1.165) is 24.0 Å². The predicted octanol–water partition coefficient (Wildman–Crippen LogP) is 4.09. The first-order valence-corrected chi connectivity index (χ1v) is 8.43. The van der Waals surface area contributed by atoms with Gasteiger partial charge in [-0.05, 0) is 58.7 Å². The van der Waals surface area contributed by atoms with E-state index in [2.05, 4.69) is 85.0 Å². The number of hydrogen-bond donors (Lipinski definition) is 1. The van der Waals surface area contributed by atoms with Gasteiger partial charge in [0.05, 0.1) is 0 Å². The highest BCUT2D eigenvalue weighted by Crippen LogP contribution is 2.12. The Morgan fingerprint density at radius 3 is 2.05 bits per heavy atom. The zero-order chi connectivity index (χ0) is 15.1. The van der Waals surface area contributed by atoms with Gasteiger partial charge in [0, 0.05) is 35.7 Å². The van der Waals surface area contributed by atoms with Gasteiger partial charge in [-0.3, -0.25) is 4.90 Å². The quantitative estimate of drug-likeness (QED) is 0.766. The molecule has 1 N–H and O–H groups in total. The molecule has 0 radical (unpaired) electrons. The Bertz CT molecular complexity index is 365. The minimum Gasteiger partial charge on any atom is -0.313 e. The van der Waals surface area contributed by atoms with Gasteiger partial charge in [0.15, 0.2) is 0 Å². The van der Waals surface area contributed by atoms with Gasteiger partial charge in [0.25, 0.3) is 0 Å². The summed E-state index contributed by atoms with van der Waals surface area (Å²) in [4.78, 5) is 2.53. The van der Waals surface area contributed by atoms with Crippen molar-refractivity contribution in [2.45, 2.75) is 59.2 Å². The van der Waals surface area contributed by atoms with Crippen LogP contribution in [0.4, 0.5) is 0 Å². The number of nitrogens with one attached hydrogen (secondary N) is 1. The molecule has 0 aliphatic rings. The molecule has 2 nitrogen and oxygen atoms in total. The Labute approximate surface area is 133 Å². The highest BCUT2D eigenvalue weighted by Gasteiger charge is 2.13. The summed E-state index contributed by atoms with van der Waals surface area (Å²) >= 11 is 3.48. The van der Waals surface area contributed by atoms with Gasteiger partial charge >= 0.3 is 0 Å². The lowest BCUT2D eigenvalue weighted by Gasteiger charge is -2.31. The van der Waals surface area contributed by atoms with Crippen LogP contribution in [0, 0.1) is 0 Å². The second kappa shape index (κ2) is 8.81. The van der Waals surface area contributed by atoms with Gasteiger partial charge in [-0.15, -0.1) is 0 Å². The predicted molar refractivity (Wildman–Crippen MR) is 92.3 cm³/mol. The maximum absolute atomic E-state index is 3.63. The number of benzene rings is 1. The summed E-state index contributed by atoms with van der Waals surface area (Å²) in [5.74, 6) is 0. The van der Waals surface area contributed by atoms with Crippen molar-refractivity contribution in [3.63, 3.8) is 0 Å². The van der Waals surface area contributed by atoms with Gasteiger partial charge in [-0.1, -0.05) is 28.1 Å². The van der Waals surface area contributed by atoms with Crippen LogP contribution < -0.4 is 5.32 Å². The van der Waals surface area contributed by atoms with Crippen LogP contribution >= 0.6 is 15.9 Å². The van der Waals surface area contributed by atoms with Crippen molar-refractivity contribution >= 4 is 15.9 Å². The first-order chi connectivity index (χ1) is 9.40. The first-order valence-electron chi connectivity index (χ1n) is 7.63. The van der Waals surface area contributed by atoms with Crippen molar-refractivity contribution in [2.75, 3.05) is 13.1 Å². The Morgan fingerprint density at radius 2 is 1.55 bits per heavy atom. The molecule has 1 aromatic rings. The maximum atomic E-state index is 3.63. The molecule has 3 heteroatoms. The summed E-state index contributed by atoms with van der Waals surface area (Å²) in [6, 6.07) is 10.3. The zero-order valence-electron chi connectivity index (χ0n) is 13.5. The van der Waals surface area contributed by atoms with E-state index in [9.17, 15) is 0 Å². The smallest absolute Gasteiger partial charge is 0.0175 e. The summed E-state index contributed by atoms with van der Waals surface area (Å²) in [5.41, 5.74) is 1.39. The fraction of sp³-hybridized carbons (Fsp3) is 0.647. The zero-order valence-corrected chi connectivity index (χ0v) is 15.1. The third-order valence-corrected chi connectivity index (χ3v) is 4.17. The third-order valence-electron chi connectivity index (χ3n) is 3.64. The lowest BCUT2D eigenvalue weighted by Crippen LogP contribution is -2.43. The largest absolute Gasteiger partial charge is 0.313 e. The van der Waals surface area contributed by atoms with E-state index in [0.29, 0.717) is 18.1 Å². The van der Waals surface area contributed by atoms with E-state index in [1.807, 2.05) is 0 Å². The molecule has 0 aliphatic heterocycles. The molecular weight excluding hydrogens is 312 g/mol. The molecule has 0 amide bonds. The number of rotatable bonds is 8. The average molecular weight is 341 g/mol. The molecule has 0 spiro atoms. The van der Waals surface area contributed by atoms with Crippen molar-refractivity contribution in [3.05, 3.63) is 34.3 Å². The highest BCUT2D eigenvalue weighted by atomic mass is 79.9. The molecular formula is C17H29BrN2. The standard InChI is InChI=1S/C17H29BrN2/c1-13(2)20(14(3)4)11-10-19-15(5)12-16-6-8-17(18)9-7-16/h6-9,13-15,19H,10-12H2,1-5H3. The van der Waals surface area contributed by atoms with Crippen LogP contribution in [-0.4, -0.2) is 36.1 Å². The molecule has 0 saturated carbocycles. The summed E-state index contributed by atoms with van der Waals surface area (Å²) in [7, 11) is 0. The molecule has 1 aromatic carbocycles. The Hall–Kier alpha value is -0.380. The molecule has 1 rings (SSSR count). The van der Waals surface area contributed by atoms with Crippen LogP contribution in [0.25, 0.3) is 0 Å². The van der Waals surface area contributed by atoms with Crippen molar-refractivity contribution in [1.29, 1.82) is 0 Å². The van der Waals surface area contributed by atoms with Crippen LogP contribution in [0.3, 0.4) is 0 Å². The first kappa shape index (κ1) is 17.7. The van der Waals surface area contributed by atoms with Crippen molar-refractivity contribution < 1.29 is 0 Å². The normalized spacial score (nSPS) is 13.4. The Kier molecular flexibility index (Phi) is 7.78. The minimum absolute atomic E-state index is 0.511. The molecule has 0 bridgehead atoms. The molecule has 0 heterocycles. The third kappa shape index (κ3) is 6.38.